The number of nitrogens with zero attached hydrogens (tertiary/aromatic N) is 2. The van der Waals surface area contributed by atoms with Crippen LogP contribution in [0.5, 0.6) is 17.2 Å². The van der Waals surface area contributed by atoms with E-state index in [-0.39, 0.29) is 6.04 Å². The van der Waals surface area contributed by atoms with Crippen LogP contribution in [0, 0.1) is 0 Å². The zero-order valence-corrected chi connectivity index (χ0v) is 15.1. The molecule has 0 saturated carbocycles. The van der Waals surface area contributed by atoms with Crippen molar-refractivity contribution in [1.82, 2.24) is 14.9 Å². The van der Waals surface area contributed by atoms with Crippen LogP contribution < -0.4 is 19.5 Å². The SMILES string of the molecule is COc1ccc2nc3n(c2c1)[C@@H](CNCc1ccc2c(c1)OCO2)COC3. The number of hydrogen-bond acceptors (Lipinski definition) is 6. The van der Waals surface area contributed by atoms with E-state index in [0.717, 1.165) is 52.8 Å². The lowest BCUT2D eigenvalue weighted by Crippen LogP contribution is -2.32. The van der Waals surface area contributed by atoms with Gasteiger partial charge in [-0.25, -0.2) is 4.98 Å². The first-order valence-electron chi connectivity index (χ1n) is 9.03. The molecular weight excluding hydrogens is 346 g/mol. The summed E-state index contributed by atoms with van der Waals surface area (Å²) in [4.78, 5) is 4.71. The topological polar surface area (TPSA) is 66.8 Å². The zero-order valence-electron chi connectivity index (χ0n) is 15.1. The monoisotopic (exact) mass is 367 g/mol. The van der Waals surface area contributed by atoms with Crippen LogP contribution in [-0.4, -0.2) is 36.6 Å². The summed E-state index contributed by atoms with van der Waals surface area (Å²) in [6.45, 7) is 3.02. The largest absolute Gasteiger partial charge is 0.497 e. The number of methoxy groups -OCH3 is 1. The Balaban J connectivity index is 1.33. The van der Waals surface area contributed by atoms with Gasteiger partial charge >= 0.3 is 0 Å². The summed E-state index contributed by atoms with van der Waals surface area (Å²) in [5, 5.41) is 3.53. The average Bonchev–Trinajstić information content (AvgIpc) is 3.31. The van der Waals surface area contributed by atoms with Crippen molar-refractivity contribution in [3.8, 4) is 17.2 Å². The molecule has 1 atom stereocenters. The molecule has 2 aliphatic rings. The summed E-state index contributed by atoms with van der Waals surface area (Å²) in [6, 6.07) is 12.2. The fraction of sp³-hybridized carbons (Fsp3) is 0.350. The molecule has 27 heavy (non-hydrogen) atoms. The molecule has 0 amide bonds. The lowest BCUT2D eigenvalue weighted by Gasteiger charge is -2.26. The van der Waals surface area contributed by atoms with Gasteiger partial charge in [-0.05, 0) is 29.8 Å². The number of imidazole rings is 1. The van der Waals surface area contributed by atoms with E-state index in [9.17, 15) is 0 Å². The van der Waals surface area contributed by atoms with Crippen molar-refractivity contribution in [2.45, 2.75) is 19.2 Å². The molecule has 1 N–H and O–H groups in total. The highest BCUT2D eigenvalue weighted by molar-refractivity contribution is 5.78. The first-order valence-corrected chi connectivity index (χ1v) is 9.03. The lowest BCUT2D eigenvalue weighted by atomic mass is 10.2. The Morgan fingerprint density at radius 2 is 2.11 bits per heavy atom. The third kappa shape index (κ3) is 2.98. The standard InChI is InChI=1S/C20H21N3O4/c1-24-15-3-4-16-17(7-15)23-14(10-25-11-20(23)22-16)9-21-8-13-2-5-18-19(6-13)27-12-26-18/h2-7,14,21H,8-12H2,1H3/t14-/m0/s1. The lowest BCUT2D eigenvalue weighted by molar-refractivity contribution is 0.0564. The molecule has 5 rings (SSSR count). The van der Waals surface area contributed by atoms with E-state index in [0.29, 0.717) is 20.0 Å². The minimum atomic E-state index is 0.180. The molecule has 0 radical (unpaired) electrons. The first kappa shape index (κ1) is 16.4. The van der Waals surface area contributed by atoms with Gasteiger partial charge in [0.25, 0.3) is 0 Å². The maximum atomic E-state index is 5.77. The Morgan fingerprint density at radius 3 is 3.04 bits per heavy atom. The molecule has 7 heteroatoms. The first-order chi connectivity index (χ1) is 13.3. The van der Waals surface area contributed by atoms with Gasteiger partial charge in [-0.1, -0.05) is 6.07 Å². The number of fused-ring (bicyclic) bond motifs is 4. The Hall–Kier alpha value is -2.77. The van der Waals surface area contributed by atoms with E-state index < -0.39 is 0 Å². The third-order valence-corrected chi connectivity index (χ3v) is 5.02. The molecule has 2 aliphatic heterocycles. The number of ether oxygens (including phenoxy) is 4. The molecule has 0 unspecified atom stereocenters. The maximum Gasteiger partial charge on any atom is 0.231 e. The number of nitrogens with one attached hydrogen (secondary N) is 1. The third-order valence-electron chi connectivity index (χ3n) is 5.02. The van der Waals surface area contributed by atoms with Crippen molar-refractivity contribution >= 4 is 11.0 Å². The Kier molecular flexibility index (Phi) is 4.10. The number of aromatic nitrogens is 2. The fourth-order valence-electron chi connectivity index (χ4n) is 3.70. The molecule has 1 aromatic heterocycles. The maximum absolute atomic E-state index is 5.77. The van der Waals surface area contributed by atoms with Gasteiger partial charge in [0.1, 0.15) is 18.2 Å². The quantitative estimate of drug-likeness (QED) is 0.748. The van der Waals surface area contributed by atoms with Gasteiger partial charge in [-0.3, -0.25) is 0 Å². The summed E-state index contributed by atoms with van der Waals surface area (Å²) in [5.74, 6) is 3.41. The molecule has 140 valence electrons. The molecule has 0 fully saturated rings. The summed E-state index contributed by atoms with van der Waals surface area (Å²) in [6.07, 6.45) is 0. The van der Waals surface area contributed by atoms with Gasteiger partial charge in [0, 0.05) is 19.2 Å². The Bertz CT molecular complexity index is 985. The molecule has 0 aliphatic carbocycles. The Labute approximate surface area is 156 Å². The van der Waals surface area contributed by atoms with Gasteiger partial charge in [0.2, 0.25) is 6.79 Å². The predicted molar refractivity (Wildman–Crippen MR) is 99.2 cm³/mol. The second kappa shape index (κ2) is 6.75. The predicted octanol–water partition coefficient (Wildman–Crippen LogP) is 2.63. The number of benzene rings is 2. The fourth-order valence-corrected chi connectivity index (χ4v) is 3.70. The van der Waals surface area contributed by atoms with Crippen LogP contribution in [-0.2, 0) is 17.9 Å². The van der Waals surface area contributed by atoms with Gasteiger partial charge in [-0.2, -0.15) is 0 Å². The number of hydrogen-bond donors (Lipinski definition) is 1. The highest BCUT2D eigenvalue weighted by atomic mass is 16.7. The van der Waals surface area contributed by atoms with Crippen molar-refractivity contribution in [3.05, 3.63) is 47.8 Å². The second-order valence-electron chi connectivity index (χ2n) is 6.74. The minimum Gasteiger partial charge on any atom is -0.497 e. The molecule has 0 spiro atoms. The van der Waals surface area contributed by atoms with E-state index in [2.05, 4.69) is 16.0 Å². The average molecular weight is 367 g/mol. The summed E-state index contributed by atoms with van der Waals surface area (Å²) in [7, 11) is 1.68. The van der Waals surface area contributed by atoms with Crippen molar-refractivity contribution in [2.24, 2.45) is 0 Å². The van der Waals surface area contributed by atoms with E-state index in [4.69, 9.17) is 23.9 Å². The van der Waals surface area contributed by atoms with Crippen LogP contribution in [0.25, 0.3) is 11.0 Å². The van der Waals surface area contributed by atoms with Crippen molar-refractivity contribution < 1.29 is 18.9 Å². The van der Waals surface area contributed by atoms with Crippen LogP contribution in [0.4, 0.5) is 0 Å². The zero-order chi connectivity index (χ0) is 18.2. The molecular formula is C20H21N3O4. The highest BCUT2D eigenvalue weighted by Crippen LogP contribution is 2.32. The summed E-state index contributed by atoms with van der Waals surface area (Å²) in [5.41, 5.74) is 3.22. The van der Waals surface area contributed by atoms with E-state index in [1.807, 2.05) is 30.3 Å². The molecule has 3 aromatic rings. The molecule has 7 nitrogen and oxygen atoms in total. The van der Waals surface area contributed by atoms with Crippen molar-refractivity contribution in [2.75, 3.05) is 27.1 Å². The van der Waals surface area contributed by atoms with E-state index in [1.165, 1.54) is 0 Å². The molecule has 0 saturated heterocycles. The smallest absolute Gasteiger partial charge is 0.231 e. The van der Waals surface area contributed by atoms with Crippen molar-refractivity contribution in [1.29, 1.82) is 0 Å². The summed E-state index contributed by atoms with van der Waals surface area (Å²) < 4.78 is 24.2. The molecule has 0 bridgehead atoms. The number of rotatable bonds is 5. The van der Waals surface area contributed by atoms with Gasteiger partial charge in [0.05, 0.1) is 30.8 Å². The normalized spacial score (nSPS) is 17.9. The van der Waals surface area contributed by atoms with E-state index >= 15 is 0 Å². The van der Waals surface area contributed by atoms with Gasteiger partial charge < -0.3 is 28.8 Å². The van der Waals surface area contributed by atoms with Crippen molar-refractivity contribution in [3.63, 3.8) is 0 Å². The van der Waals surface area contributed by atoms with Crippen LogP contribution in [0.2, 0.25) is 0 Å². The molecule has 2 aromatic carbocycles. The second-order valence-corrected chi connectivity index (χ2v) is 6.74. The van der Waals surface area contributed by atoms with Crippen LogP contribution in [0.3, 0.4) is 0 Å². The minimum absolute atomic E-state index is 0.180. The van der Waals surface area contributed by atoms with Crippen LogP contribution in [0.15, 0.2) is 36.4 Å². The van der Waals surface area contributed by atoms with Crippen LogP contribution >= 0.6 is 0 Å². The van der Waals surface area contributed by atoms with Crippen LogP contribution in [0.1, 0.15) is 17.4 Å². The molecule has 3 heterocycles. The van der Waals surface area contributed by atoms with E-state index in [1.54, 1.807) is 7.11 Å². The van der Waals surface area contributed by atoms with Gasteiger partial charge in [0.15, 0.2) is 11.5 Å². The summed E-state index contributed by atoms with van der Waals surface area (Å²) >= 11 is 0. The van der Waals surface area contributed by atoms with Gasteiger partial charge in [-0.15, -0.1) is 0 Å². The Morgan fingerprint density at radius 1 is 1.19 bits per heavy atom. The highest BCUT2D eigenvalue weighted by Gasteiger charge is 2.24.